The Kier molecular flexibility index (Phi) is 5.92. The number of methoxy groups -OCH3 is 2. The van der Waals surface area contributed by atoms with Gasteiger partial charge in [-0.15, -0.1) is 6.58 Å². The van der Waals surface area contributed by atoms with Gasteiger partial charge in [0.15, 0.2) is 0 Å². The lowest BCUT2D eigenvalue weighted by atomic mass is 9.95. The number of urea groups is 1. The fourth-order valence-electron chi connectivity index (χ4n) is 3.65. The van der Waals surface area contributed by atoms with E-state index in [9.17, 15) is 9.59 Å². The van der Waals surface area contributed by atoms with E-state index < -0.39 is 6.04 Å². The molecule has 0 saturated carbocycles. The molecule has 3 amide bonds. The number of carbonyl (C=O) groups is 2. The number of benzene rings is 1. The number of hydrogen-bond donors (Lipinski definition) is 1. The predicted molar refractivity (Wildman–Crippen MR) is 106 cm³/mol. The molecule has 0 saturated heterocycles. The van der Waals surface area contributed by atoms with Crippen LogP contribution in [0.5, 0.6) is 11.5 Å². The molecule has 2 heterocycles. The van der Waals surface area contributed by atoms with Crippen LogP contribution in [0.15, 0.2) is 42.1 Å². The SMILES string of the molecule is C=CCN1C(=O)N[C@H](c2cc(OC)cc(OC)c2)C2=C1CN(CCCC)C2=O. The average molecular weight is 385 g/mol. The maximum Gasteiger partial charge on any atom is 0.322 e. The van der Waals surface area contributed by atoms with Gasteiger partial charge in [0.1, 0.15) is 11.5 Å². The van der Waals surface area contributed by atoms with Crippen LogP contribution in [0.2, 0.25) is 0 Å². The van der Waals surface area contributed by atoms with Gasteiger partial charge in [0, 0.05) is 19.2 Å². The minimum atomic E-state index is -0.549. The summed E-state index contributed by atoms with van der Waals surface area (Å²) in [6.45, 7) is 7.29. The molecule has 28 heavy (non-hydrogen) atoms. The van der Waals surface area contributed by atoms with Crippen molar-refractivity contribution in [2.75, 3.05) is 33.9 Å². The molecule has 1 aromatic carbocycles. The first-order valence-corrected chi connectivity index (χ1v) is 9.48. The minimum Gasteiger partial charge on any atom is -0.497 e. The summed E-state index contributed by atoms with van der Waals surface area (Å²) in [4.78, 5) is 29.4. The van der Waals surface area contributed by atoms with Crippen LogP contribution in [0.1, 0.15) is 31.4 Å². The Hall–Kier alpha value is -2.96. The number of nitrogens with one attached hydrogen (secondary N) is 1. The number of hydrogen-bond acceptors (Lipinski definition) is 4. The van der Waals surface area contributed by atoms with Gasteiger partial charge >= 0.3 is 6.03 Å². The number of nitrogens with zero attached hydrogens (tertiary/aromatic N) is 2. The molecule has 1 atom stereocenters. The van der Waals surface area contributed by atoms with E-state index in [2.05, 4.69) is 18.8 Å². The first kappa shape index (κ1) is 19.8. The monoisotopic (exact) mass is 385 g/mol. The Balaban J connectivity index is 2.05. The highest BCUT2D eigenvalue weighted by Crippen LogP contribution is 2.38. The molecule has 0 unspecified atom stereocenters. The third-order valence-electron chi connectivity index (χ3n) is 5.10. The zero-order chi connectivity index (χ0) is 20.3. The lowest BCUT2D eigenvalue weighted by molar-refractivity contribution is -0.125. The molecule has 3 rings (SSSR count). The maximum atomic E-state index is 13.2. The van der Waals surface area contributed by atoms with Gasteiger partial charge in [0.25, 0.3) is 5.91 Å². The first-order chi connectivity index (χ1) is 13.5. The Bertz CT molecular complexity index is 796. The van der Waals surface area contributed by atoms with Crippen molar-refractivity contribution in [2.45, 2.75) is 25.8 Å². The Morgan fingerprint density at radius 1 is 1.21 bits per heavy atom. The number of unbranched alkanes of at least 4 members (excludes halogenated alkanes) is 1. The van der Waals surface area contributed by atoms with Crippen LogP contribution in [-0.4, -0.2) is 55.6 Å². The smallest absolute Gasteiger partial charge is 0.322 e. The van der Waals surface area contributed by atoms with E-state index in [1.807, 2.05) is 17.0 Å². The summed E-state index contributed by atoms with van der Waals surface area (Å²) in [7, 11) is 3.14. The molecule has 0 bridgehead atoms. The first-order valence-electron chi connectivity index (χ1n) is 9.48. The van der Waals surface area contributed by atoms with Crippen LogP contribution < -0.4 is 14.8 Å². The summed E-state index contributed by atoms with van der Waals surface area (Å²) in [5.74, 6) is 1.17. The van der Waals surface area contributed by atoms with E-state index >= 15 is 0 Å². The van der Waals surface area contributed by atoms with E-state index in [1.54, 1.807) is 31.3 Å². The summed E-state index contributed by atoms with van der Waals surface area (Å²) in [6, 6.07) is 4.62. The molecular weight excluding hydrogens is 358 g/mol. The molecule has 0 spiro atoms. The maximum absolute atomic E-state index is 13.2. The van der Waals surface area contributed by atoms with Gasteiger partial charge in [0.05, 0.1) is 38.1 Å². The highest BCUT2D eigenvalue weighted by molar-refractivity contribution is 6.01. The molecule has 0 radical (unpaired) electrons. The van der Waals surface area contributed by atoms with Gasteiger partial charge in [-0.2, -0.15) is 0 Å². The summed E-state index contributed by atoms with van der Waals surface area (Å²) in [5, 5.41) is 2.97. The van der Waals surface area contributed by atoms with E-state index in [0.29, 0.717) is 36.7 Å². The molecule has 1 N–H and O–H groups in total. The van der Waals surface area contributed by atoms with E-state index in [0.717, 1.165) is 24.1 Å². The van der Waals surface area contributed by atoms with E-state index in [1.165, 1.54) is 0 Å². The van der Waals surface area contributed by atoms with Crippen molar-refractivity contribution < 1.29 is 19.1 Å². The number of carbonyl (C=O) groups excluding carboxylic acids is 2. The van der Waals surface area contributed by atoms with Gasteiger partial charge in [-0.05, 0) is 24.1 Å². The summed E-state index contributed by atoms with van der Waals surface area (Å²) in [5.41, 5.74) is 2.10. The molecule has 2 aliphatic rings. The fraction of sp³-hybridized carbons (Fsp3) is 0.429. The number of rotatable bonds is 8. The van der Waals surface area contributed by atoms with Crippen LogP contribution in [0.4, 0.5) is 4.79 Å². The lowest BCUT2D eigenvalue weighted by Gasteiger charge is -2.33. The Morgan fingerprint density at radius 2 is 1.89 bits per heavy atom. The van der Waals surface area contributed by atoms with Gasteiger partial charge < -0.3 is 19.7 Å². The highest BCUT2D eigenvalue weighted by atomic mass is 16.5. The molecule has 0 fully saturated rings. The third-order valence-corrected chi connectivity index (χ3v) is 5.10. The van der Waals surface area contributed by atoms with Crippen molar-refractivity contribution in [1.82, 2.24) is 15.1 Å². The molecule has 0 aromatic heterocycles. The topological polar surface area (TPSA) is 71.1 Å². The van der Waals surface area contributed by atoms with Gasteiger partial charge in [-0.3, -0.25) is 9.69 Å². The molecule has 1 aromatic rings. The molecule has 7 nitrogen and oxygen atoms in total. The van der Waals surface area contributed by atoms with Gasteiger partial charge in [-0.25, -0.2) is 4.79 Å². The fourth-order valence-corrected chi connectivity index (χ4v) is 3.65. The summed E-state index contributed by atoms with van der Waals surface area (Å²) < 4.78 is 10.7. The van der Waals surface area contributed by atoms with Crippen LogP contribution >= 0.6 is 0 Å². The Labute approximate surface area is 165 Å². The van der Waals surface area contributed by atoms with Crippen molar-refractivity contribution >= 4 is 11.9 Å². The van der Waals surface area contributed by atoms with Crippen molar-refractivity contribution in [3.05, 3.63) is 47.7 Å². The number of ether oxygens (including phenoxy) is 2. The van der Waals surface area contributed by atoms with Crippen LogP contribution in [0.25, 0.3) is 0 Å². The van der Waals surface area contributed by atoms with Crippen molar-refractivity contribution in [3.63, 3.8) is 0 Å². The van der Waals surface area contributed by atoms with Crippen LogP contribution in [0, 0.1) is 0 Å². The molecular formula is C21H27N3O4. The van der Waals surface area contributed by atoms with Gasteiger partial charge in [-0.1, -0.05) is 19.4 Å². The van der Waals surface area contributed by atoms with Crippen LogP contribution in [0.3, 0.4) is 0 Å². The second-order valence-corrected chi connectivity index (χ2v) is 6.87. The number of amides is 3. The Morgan fingerprint density at radius 3 is 2.46 bits per heavy atom. The predicted octanol–water partition coefficient (Wildman–Crippen LogP) is 2.85. The van der Waals surface area contributed by atoms with E-state index in [4.69, 9.17) is 9.47 Å². The minimum absolute atomic E-state index is 0.0377. The standard InChI is InChI=1S/C21H27N3O4/c1-5-7-9-23-13-17-18(20(23)25)19(22-21(26)24(17)8-6-2)14-10-15(27-3)12-16(11-14)28-4/h6,10-12,19H,2,5,7-9,13H2,1,3-4H3,(H,22,26)/t19-/m1/s1. The average Bonchev–Trinajstić information content (AvgIpc) is 3.04. The zero-order valence-corrected chi connectivity index (χ0v) is 16.7. The molecule has 150 valence electrons. The van der Waals surface area contributed by atoms with Crippen molar-refractivity contribution in [3.8, 4) is 11.5 Å². The quantitative estimate of drug-likeness (QED) is 0.699. The highest BCUT2D eigenvalue weighted by Gasteiger charge is 2.43. The van der Waals surface area contributed by atoms with E-state index in [-0.39, 0.29) is 11.9 Å². The zero-order valence-electron chi connectivity index (χ0n) is 16.7. The molecule has 2 aliphatic heterocycles. The molecule has 0 aliphatic carbocycles. The van der Waals surface area contributed by atoms with Crippen molar-refractivity contribution in [2.24, 2.45) is 0 Å². The normalized spacial score (nSPS) is 18.9. The lowest BCUT2D eigenvalue weighted by Crippen LogP contribution is -2.47. The molecule has 7 heteroatoms. The second kappa shape index (κ2) is 8.37. The largest absolute Gasteiger partial charge is 0.497 e. The van der Waals surface area contributed by atoms with Gasteiger partial charge in [0.2, 0.25) is 0 Å². The van der Waals surface area contributed by atoms with Crippen molar-refractivity contribution in [1.29, 1.82) is 0 Å². The third kappa shape index (κ3) is 3.56. The summed E-state index contributed by atoms with van der Waals surface area (Å²) in [6.07, 6.45) is 3.59. The summed E-state index contributed by atoms with van der Waals surface area (Å²) >= 11 is 0. The second-order valence-electron chi connectivity index (χ2n) is 6.87. The van der Waals surface area contributed by atoms with Crippen LogP contribution in [-0.2, 0) is 4.79 Å².